The Labute approximate surface area is 111 Å². The summed E-state index contributed by atoms with van der Waals surface area (Å²) in [6.07, 6.45) is 11.9. The van der Waals surface area contributed by atoms with Gasteiger partial charge in [0.25, 0.3) is 0 Å². The van der Waals surface area contributed by atoms with E-state index >= 15 is 0 Å². The molecule has 0 aromatic heterocycles. The summed E-state index contributed by atoms with van der Waals surface area (Å²) < 4.78 is 0. The van der Waals surface area contributed by atoms with Crippen LogP contribution in [-0.2, 0) is 0 Å². The second-order valence-corrected chi connectivity index (χ2v) is 7.08. The minimum atomic E-state index is -0.417. The first-order valence-electron chi connectivity index (χ1n) is 7.76. The molecule has 2 fully saturated rings. The summed E-state index contributed by atoms with van der Waals surface area (Å²) in [6.45, 7) is 4.20. The topological polar surface area (TPSA) is 32.3 Å². The fourth-order valence-electron chi connectivity index (χ4n) is 4.10. The quantitative estimate of drug-likeness (QED) is 0.751. The van der Waals surface area contributed by atoms with E-state index in [1.165, 1.54) is 25.7 Å². The Morgan fingerprint density at radius 2 is 2.00 bits per heavy atom. The van der Waals surface area contributed by atoms with Crippen molar-refractivity contribution in [3.63, 3.8) is 0 Å². The van der Waals surface area contributed by atoms with Crippen LogP contribution in [0.4, 0.5) is 0 Å². The van der Waals surface area contributed by atoms with Crippen molar-refractivity contribution in [3.05, 3.63) is 12.2 Å². The molecule has 0 aromatic rings. The summed E-state index contributed by atoms with van der Waals surface area (Å²) in [6, 6.07) is 0. The van der Waals surface area contributed by atoms with Crippen LogP contribution < -0.4 is 5.32 Å². The zero-order valence-electron chi connectivity index (χ0n) is 11.6. The van der Waals surface area contributed by atoms with Crippen LogP contribution in [0.2, 0.25) is 0 Å². The van der Waals surface area contributed by atoms with Gasteiger partial charge in [-0.3, -0.25) is 0 Å². The Kier molecular flexibility index (Phi) is 3.50. The van der Waals surface area contributed by atoms with Crippen LogP contribution in [0.3, 0.4) is 0 Å². The summed E-state index contributed by atoms with van der Waals surface area (Å²) in [4.78, 5) is 0. The van der Waals surface area contributed by atoms with Crippen LogP contribution in [0, 0.1) is 23.7 Å². The van der Waals surface area contributed by atoms with Gasteiger partial charge in [-0.05, 0) is 68.7 Å². The third-order valence-corrected chi connectivity index (χ3v) is 5.48. The minimum absolute atomic E-state index is 0.417. The Bertz CT molecular complexity index is 317. The summed E-state index contributed by atoms with van der Waals surface area (Å²) in [7, 11) is 0. The number of hydrogen-bond donors (Lipinski definition) is 2. The normalized spacial score (nSPS) is 46.8. The van der Waals surface area contributed by atoms with Crippen molar-refractivity contribution in [2.45, 2.75) is 51.0 Å². The van der Waals surface area contributed by atoms with Gasteiger partial charge >= 0.3 is 0 Å². The molecular formula is C16H27NO. The standard InChI is InChI=1S/C16H27NO/c1-12-4-6-16(18,7-5-12)11-17-10-15-9-13-2-3-14(15)8-13/h2-3,12-15,17-18H,4-11H2,1H3. The lowest BCUT2D eigenvalue weighted by Gasteiger charge is -2.35. The molecule has 0 heterocycles. The van der Waals surface area contributed by atoms with Gasteiger partial charge in [-0.25, -0.2) is 0 Å². The summed E-state index contributed by atoms with van der Waals surface area (Å²) >= 11 is 0. The number of allylic oxidation sites excluding steroid dienone is 2. The summed E-state index contributed by atoms with van der Waals surface area (Å²) in [5, 5.41) is 14.1. The number of rotatable bonds is 4. The highest BCUT2D eigenvalue weighted by Gasteiger charge is 2.36. The molecule has 18 heavy (non-hydrogen) atoms. The predicted molar refractivity (Wildman–Crippen MR) is 74.3 cm³/mol. The first kappa shape index (κ1) is 12.7. The van der Waals surface area contributed by atoms with Gasteiger partial charge in [0.05, 0.1) is 5.60 Å². The van der Waals surface area contributed by atoms with Gasteiger partial charge in [0.2, 0.25) is 0 Å². The maximum Gasteiger partial charge on any atom is 0.0771 e. The fourth-order valence-corrected chi connectivity index (χ4v) is 4.10. The van der Waals surface area contributed by atoms with Crippen molar-refractivity contribution >= 4 is 0 Å². The molecule has 102 valence electrons. The van der Waals surface area contributed by atoms with Crippen molar-refractivity contribution in [2.24, 2.45) is 23.7 Å². The van der Waals surface area contributed by atoms with E-state index in [2.05, 4.69) is 24.4 Å². The van der Waals surface area contributed by atoms with Gasteiger partial charge in [-0.1, -0.05) is 19.1 Å². The maximum atomic E-state index is 10.5. The van der Waals surface area contributed by atoms with Gasteiger partial charge in [-0.15, -0.1) is 0 Å². The van der Waals surface area contributed by atoms with E-state index in [9.17, 15) is 5.11 Å². The van der Waals surface area contributed by atoms with E-state index in [0.717, 1.165) is 49.6 Å². The predicted octanol–water partition coefficient (Wildman–Crippen LogP) is 2.73. The summed E-state index contributed by atoms with van der Waals surface area (Å²) in [5.74, 6) is 3.32. The molecule has 2 bridgehead atoms. The number of aliphatic hydroxyl groups is 1. The van der Waals surface area contributed by atoms with E-state index in [0.29, 0.717) is 0 Å². The molecule has 0 amide bonds. The Hall–Kier alpha value is -0.340. The van der Waals surface area contributed by atoms with Crippen LogP contribution in [-0.4, -0.2) is 23.8 Å². The molecule has 2 heteroatoms. The summed E-state index contributed by atoms with van der Waals surface area (Å²) in [5.41, 5.74) is -0.417. The van der Waals surface area contributed by atoms with Gasteiger partial charge < -0.3 is 10.4 Å². The Morgan fingerprint density at radius 3 is 2.61 bits per heavy atom. The van der Waals surface area contributed by atoms with E-state index in [1.54, 1.807) is 0 Å². The molecule has 2 N–H and O–H groups in total. The fraction of sp³-hybridized carbons (Fsp3) is 0.875. The molecule has 0 radical (unpaired) electrons. The molecule has 3 rings (SSSR count). The van der Waals surface area contributed by atoms with E-state index < -0.39 is 5.60 Å². The zero-order chi connectivity index (χ0) is 12.6. The molecule has 3 unspecified atom stereocenters. The molecule has 0 saturated heterocycles. The van der Waals surface area contributed by atoms with Crippen molar-refractivity contribution < 1.29 is 5.11 Å². The van der Waals surface area contributed by atoms with Crippen LogP contribution in [0.5, 0.6) is 0 Å². The van der Waals surface area contributed by atoms with Gasteiger partial charge in [-0.2, -0.15) is 0 Å². The van der Waals surface area contributed by atoms with E-state index in [-0.39, 0.29) is 0 Å². The van der Waals surface area contributed by atoms with Crippen LogP contribution in [0.15, 0.2) is 12.2 Å². The highest BCUT2D eigenvalue weighted by molar-refractivity contribution is 5.10. The average molecular weight is 249 g/mol. The van der Waals surface area contributed by atoms with Gasteiger partial charge in [0.1, 0.15) is 0 Å². The largest absolute Gasteiger partial charge is 0.389 e. The molecule has 3 aliphatic carbocycles. The smallest absolute Gasteiger partial charge is 0.0771 e. The lowest BCUT2D eigenvalue weighted by molar-refractivity contribution is -0.00676. The number of fused-ring (bicyclic) bond motifs is 2. The molecule has 3 aliphatic rings. The van der Waals surface area contributed by atoms with Crippen molar-refractivity contribution in [1.82, 2.24) is 5.32 Å². The molecule has 3 atom stereocenters. The highest BCUT2D eigenvalue weighted by Crippen LogP contribution is 2.43. The SMILES string of the molecule is CC1CCC(O)(CNCC2CC3C=CC2C3)CC1. The average Bonchev–Trinajstić information content (AvgIpc) is 2.96. The second kappa shape index (κ2) is 4.97. The molecule has 0 aliphatic heterocycles. The van der Waals surface area contributed by atoms with Gasteiger partial charge in [0.15, 0.2) is 0 Å². The van der Waals surface area contributed by atoms with Crippen LogP contribution in [0.25, 0.3) is 0 Å². The molecule has 2 nitrogen and oxygen atoms in total. The molecular weight excluding hydrogens is 222 g/mol. The number of hydrogen-bond acceptors (Lipinski definition) is 2. The number of nitrogens with one attached hydrogen (secondary N) is 1. The first-order valence-corrected chi connectivity index (χ1v) is 7.76. The lowest BCUT2D eigenvalue weighted by atomic mass is 9.79. The third kappa shape index (κ3) is 2.65. The van der Waals surface area contributed by atoms with Crippen molar-refractivity contribution in [3.8, 4) is 0 Å². The highest BCUT2D eigenvalue weighted by atomic mass is 16.3. The molecule has 2 saturated carbocycles. The second-order valence-electron chi connectivity index (χ2n) is 7.08. The van der Waals surface area contributed by atoms with Crippen LogP contribution >= 0.6 is 0 Å². The van der Waals surface area contributed by atoms with E-state index in [1.807, 2.05) is 0 Å². The minimum Gasteiger partial charge on any atom is -0.389 e. The molecule has 0 aromatic carbocycles. The van der Waals surface area contributed by atoms with Crippen molar-refractivity contribution in [2.75, 3.05) is 13.1 Å². The van der Waals surface area contributed by atoms with Gasteiger partial charge in [0, 0.05) is 6.54 Å². The van der Waals surface area contributed by atoms with Crippen molar-refractivity contribution in [1.29, 1.82) is 0 Å². The Balaban J connectivity index is 1.41. The Morgan fingerprint density at radius 1 is 1.22 bits per heavy atom. The van der Waals surface area contributed by atoms with E-state index in [4.69, 9.17) is 0 Å². The van der Waals surface area contributed by atoms with Crippen LogP contribution in [0.1, 0.15) is 45.4 Å². The lowest BCUT2D eigenvalue weighted by Crippen LogP contribution is -2.44. The monoisotopic (exact) mass is 249 g/mol. The first-order chi connectivity index (χ1) is 8.65. The molecule has 0 spiro atoms. The maximum absolute atomic E-state index is 10.5. The zero-order valence-corrected chi connectivity index (χ0v) is 11.6. The third-order valence-electron chi connectivity index (χ3n) is 5.48.